The van der Waals surface area contributed by atoms with Crippen molar-refractivity contribution in [2.75, 3.05) is 5.32 Å². The van der Waals surface area contributed by atoms with E-state index in [1.54, 1.807) is 10.9 Å². The Labute approximate surface area is 153 Å². The summed E-state index contributed by atoms with van der Waals surface area (Å²) in [5.41, 5.74) is 3.71. The number of pyridine rings is 1. The summed E-state index contributed by atoms with van der Waals surface area (Å²) in [6, 6.07) is 7.84. The average Bonchev–Trinajstić information content (AvgIpc) is 3.04. The van der Waals surface area contributed by atoms with Crippen LogP contribution in [0.3, 0.4) is 0 Å². The third-order valence-electron chi connectivity index (χ3n) is 4.35. The van der Waals surface area contributed by atoms with Gasteiger partial charge in [-0.15, -0.1) is 5.10 Å². The predicted molar refractivity (Wildman–Crippen MR) is 104 cm³/mol. The predicted octanol–water partition coefficient (Wildman–Crippen LogP) is 4.27. The van der Waals surface area contributed by atoms with Gasteiger partial charge in [-0.25, -0.2) is 4.68 Å². The molecular weight excluding hydrogens is 326 g/mol. The quantitative estimate of drug-likeness (QED) is 0.765. The maximum atomic E-state index is 12.8. The van der Waals surface area contributed by atoms with Crippen LogP contribution < -0.4 is 5.32 Å². The molecule has 6 heteroatoms. The fraction of sp³-hybridized carbons (Fsp3) is 0.400. The van der Waals surface area contributed by atoms with Gasteiger partial charge in [0.2, 0.25) is 0 Å². The van der Waals surface area contributed by atoms with Gasteiger partial charge in [-0.1, -0.05) is 37.3 Å². The van der Waals surface area contributed by atoms with Crippen LogP contribution in [0.2, 0.25) is 0 Å². The standard InChI is InChI=1S/C20H25N5O/c1-12(2)17-13(3)21-15-10-8-7-9-14(15)18(17)22-19(26)16-11-25(24-23-16)20(4,5)6/h7-12H,1-6H3,(H,21,22,26). The minimum absolute atomic E-state index is 0.228. The lowest BCUT2D eigenvalue weighted by Crippen LogP contribution is -2.22. The number of carbonyl (C=O) groups is 1. The van der Waals surface area contributed by atoms with E-state index in [1.165, 1.54) is 0 Å². The van der Waals surface area contributed by atoms with Gasteiger partial charge in [0.1, 0.15) is 0 Å². The highest BCUT2D eigenvalue weighted by Gasteiger charge is 2.21. The van der Waals surface area contributed by atoms with Crippen molar-refractivity contribution in [1.82, 2.24) is 20.0 Å². The SMILES string of the molecule is Cc1nc2ccccc2c(NC(=O)c2cn(C(C)(C)C)nn2)c1C(C)C. The summed E-state index contributed by atoms with van der Waals surface area (Å²) >= 11 is 0. The van der Waals surface area contributed by atoms with E-state index in [4.69, 9.17) is 4.98 Å². The van der Waals surface area contributed by atoms with Gasteiger partial charge in [0, 0.05) is 16.6 Å². The molecule has 1 aromatic carbocycles. The summed E-state index contributed by atoms with van der Waals surface area (Å²) in [6.45, 7) is 12.2. The molecule has 3 rings (SSSR count). The highest BCUT2D eigenvalue weighted by Crippen LogP contribution is 2.33. The fourth-order valence-electron chi connectivity index (χ4n) is 3.06. The summed E-state index contributed by atoms with van der Waals surface area (Å²) in [5, 5.41) is 12.1. The van der Waals surface area contributed by atoms with E-state index in [0.29, 0.717) is 5.69 Å². The second kappa shape index (κ2) is 6.52. The Bertz CT molecular complexity index is 966. The average molecular weight is 351 g/mol. The van der Waals surface area contributed by atoms with Crippen LogP contribution in [0.25, 0.3) is 10.9 Å². The Kier molecular flexibility index (Phi) is 4.52. The molecule has 2 heterocycles. The zero-order chi connectivity index (χ0) is 19.1. The van der Waals surface area contributed by atoms with Crippen molar-refractivity contribution in [3.05, 3.63) is 47.4 Å². The van der Waals surface area contributed by atoms with Crippen molar-refractivity contribution in [1.29, 1.82) is 0 Å². The molecule has 3 aromatic rings. The Balaban J connectivity index is 2.06. The lowest BCUT2D eigenvalue weighted by Gasteiger charge is -2.18. The van der Waals surface area contributed by atoms with Crippen molar-refractivity contribution in [2.24, 2.45) is 0 Å². The molecule has 0 fully saturated rings. The number of amides is 1. The Morgan fingerprint density at radius 2 is 1.88 bits per heavy atom. The highest BCUT2D eigenvalue weighted by molar-refractivity contribution is 6.08. The van der Waals surface area contributed by atoms with Crippen LogP contribution in [0.4, 0.5) is 5.69 Å². The van der Waals surface area contributed by atoms with Crippen molar-refractivity contribution in [2.45, 2.75) is 53.0 Å². The zero-order valence-corrected chi connectivity index (χ0v) is 16.2. The highest BCUT2D eigenvalue weighted by atomic mass is 16.2. The smallest absolute Gasteiger partial charge is 0.277 e. The maximum Gasteiger partial charge on any atom is 0.277 e. The molecule has 0 radical (unpaired) electrons. The number of hydrogen-bond donors (Lipinski definition) is 1. The van der Waals surface area contributed by atoms with Crippen molar-refractivity contribution >= 4 is 22.5 Å². The van der Waals surface area contributed by atoms with E-state index in [1.807, 2.05) is 52.0 Å². The monoisotopic (exact) mass is 351 g/mol. The second-order valence-electron chi connectivity index (χ2n) is 7.83. The molecule has 0 aliphatic rings. The van der Waals surface area contributed by atoms with Gasteiger partial charge < -0.3 is 5.32 Å². The van der Waals surface area contributed by atoms with Crippen LogP contribution in [-0.4, -0.2) is 25.9 Å². The molecule has 6 nitrogen and oxygen atoms in total. The number of fused-ring (bicyclic) bond motifs is 1. The van der Waals surface area contributed by atoms with Gasteiger partial charge in [-0.2, -0.15) is 0 Å². The summed E-state index contributed by atoms with van der Waals surface area (Å²) in [4.78, 5) is 17.5. The summed E-state index contributed by atoms with van der Waals surface area (Å²) < 4.78 is 1.70. The van der Waals surface area contributed by atoms with Crippen molar-refractivity contribution < 1.29 is 4.79 Å². The first-order valence-electron chi connectivity index (χ1n) is 8.82. The summed E-state index contributed by atoms with van der Waals surface area (Å²) in [6.07, 6.45) is 1.68. The molecular formula is C20H25N5O. The first-order chi connectivity index (χ1) is 12.2. The number of nitrogens with zero attached hydrogens (tertiary/aromatic N) is 4. The minimum atomic E-state index is -0.266. The fourth-order valence-corrected chi connectivity index (χ4v) is 3.06. The summed E-state index contributed by atoms with van der Waals surface area (Å²) in [5.74, 6) is -0.0363. The molecule has 0 spiro atoms. The second-order valence-corrected chi connectivity index (χ2v) is 7.83. The lowest BCUT2D eigenvalue weighted by molar-refractivity contribution is 0.102. The van der Waals surface area contributed by atoms with E-state index in [-0.39, 0.29) is 17.4 Å². The van der Waals surface area contributed by atoms with Crippen molar-refractivity contribution in [3.8, 4) is 0 Å². The number of para-hydroxylation sites is 1. The van der Waals surface area contributed by atoms with Gasteiger partial charge in [0.15, 0.2) is 5.69 Å². The van der Waals surface area contributed by atoms with Gasteiger partial charge in [0.25, 0.3) is 5.91 Å². The Hall–Kier alpha value is -2.76. The zero-order valence-electron chi connectivity index (χ0n) is 16.2. The molecule has 0 unspecified atom stereocenters. The van der Waals surface area contributed by atoms with Crippen LogP contribution in [0, 0.1) is 6.92 Å². The molecule has 26 heavy (non-hydrogen) atoms. The summed E-state index contributed by atoms with van der Waals surface area (Å²) in [7, 11) is 0. The third kappa shape index (κ3) is 3.31. The molecule has 1 amide bonds. The van der Waals surface area contributed by atoms with Crippen LogP contribution in [0.1, 0.15) is 62.3 Å². The topological polar surface area (TPSA) is 72.7 Å². The molecule has 0 aliphatic carbocycles. The molecule has 0 aliphatic heterocycles. The number of hydrogen-bond acceptors (Lipinski definition) is 4. The van der Waals surface area contributed by atoms with Crippen molar-refractivity contribution in [3.63, 3.8) is 0 Å². The molecule has 0 saturated heterocycles. The third-order valence-corrected chi connectivity index (χ3v) is 4.35. The molecule has 1 N–H and O–H groups in total. The molecule has 0 saturated carbocycles. The lowest BCUT2D eigenvalue weighted by atomic mass is 9.96. The number of aromatic nitrogens is 4. The van der Waals surface area contributed by atoms with Gasteiger partial charge in [-0.3, -0.25) is 9.78 Å². The van der Waals surface area contributed by atoms with E-state index in [0.717, 1.165) is 27.8 Å². The molecule has 0 atom stereocenters. The number of carbonyl (C=O) groups excluding carboxylic acids is 1. The molecule has 0 bridgehead atoms. The first-order valence-corrected chi connectivity index (χ1v) is 8.82. The number of anilines is 1. The first kappa shape index (κ1) is 18.0. The number of nitrogens with one attached hydrogen (secondary N) is 1. The van der Waals surface area contributed by atoms with E-state index in [2.05, 4.69) is 29.5 Å². The van der Waals surface area contributed by atoms with Crippen LogP contribution in [-0.2, 0) is 5.54 Å². The van der Waals surface area contributed by atoms with E-state index in [9.17, 15) is 4.79 Å². The molecule has 2 aromatic heterocycles. The van der Waals surface area contributed by atoms with Crippen LogP contribution >= 0.6 is 0 Å². The minimum Gasteiger partial charge on any atom is -0.320 e. The number of benzene rings is 1. The van der Waals surface area contributed by atoms with E-state index < -0.39 is 0 Å². The van der Waals surface area contributed by atoms with Crippen LogP contribution in [0.15, 0.2) is 30.5 Å². The largest absolute Gasteiger partial charge is 0.320 e. The Morgan fingerprint density at radius 1 is 1.19 bits per heavy atom. The number of rotatable bonds is 3. The number of aryl methyl sites for hydroxylation is 1. The maximum absolute atomic E-state index is 12.8. The van der Waals surface area contributed by atoms with Gasteiger partial charge in [-0.05, 0) is 39.7 Å². The Morgan fingerprint density at radius 3 is 2.50 bits per heavy atom. The van der Waals surface area contributed by atoms with Crippen LogP contribution in [0.5, 0.6) is 0 Å². The van der Waals surface area contributed by atoms with E-state index >= 15 is 0 Å². The van der Waals surface area contributed by atoms with Gasteiger partial charge in [0.05, 0.1) is 22.9 Å². The normalized spacial score (nSPS) is 12.0. The van der Waals surface area contributed by atoms with Gasteiger partial charge >= 0.3 is 0 Å². The molecule has 136 valence electrons.